The number of hydrogen-bond donors (Lipinski definition) is 4. The van der Waals surface area contributed by atoms with Crippen LogP contribution in [0.1, 0.15) is 50.1 Å². The molecule has 0 bridgehead atoms. The first-order valence-corrected chi connectivity index (χ1v) is 15.3. The van der Waals surface area contributed by atoms with Crippen molar-refractivity contribution in [1.82, 2.24) is 30.0 Å². The molecule has 0 aliphatic heterocycles. The Kier molecular flexibility index (Phi) is 10.3. The van der Waals surface area contributed by atoms with Crippen molar-refractivity contribution >= 4 is 28.6 Å². The number of halogens is 2. The number of nitrogens with zero attached hydrogens (tertiary/aromatic N) is 5. The predicted molar refractivity (Wildman–Crippen MR) is 174 cm³/mol. The van der Waals surface area contributed by atoms with E-state index in [4.69, 9.17) is 27.6 Å². The molecule has 0 aliphatic carbocycles. The molecule has 1 atom stereocenters. The van der Waals surface area contributed by atoms with Gasteiger partial charge in [0.1, 0.15) is 5.65 Å². The molecule has 45 heavy (non-hydrogen) atoms. The molecule has 0 aliphatic rings. The molecule has 0 fully saturated rings. The summed E-state index contributed by atoms with van der Waals surface area (Å²) < 4.78 is 21.5. The summed E-state index contributed by atoms with van der Waals surface area (Å²) in [4.78, 5) is 28.5. The monoisotopic (exact) mass is 633 g/mol. The van der Waals surface area contributed by atoms with Gasteiger partial charge in [-0.25, -0.2) is 9.18 Å². The van der Waals surface area contributed by atoms with E-state index in [1.54, 1.807) is 18.3 Å². The fourth-order valence-corrected chi connectivity index (χ4v) is 5.43. The van der Waals surface area contributed by atoms with E-state index in [0.717, 1.165) is 30.4 Å². The minimum absolute atomic E-state index is 0.00263. The molecular formula is C32H37ClFN9O2. The van der Waals surface area contributed by atoms with Gasteiger partial charge in [0, 0.05) is 42.7 Å². The number of fused-ring (bicyclic) bond motifs is 1. The average molecular weight is 634 g/mol. The quantitative estimate of drug-likeness (QED) is 0.0990. The number of nitrogens with two attached hydrogens (primary N) is 2. The van der Waals surface area contributed by atoms with Gasteiger partial charge in [-0.2, -0.15) is 9.97 Å². The number of aromatic nitrogens is 5. The van der Waals surface area contributed by atoms with Crippen LogP contribution in [0.5, 0.6) is 0 Å². The van der Waals surface area contributed by atoms with Gasteiger partial charge >= 0.3 is 5.69 Å². The number of aryl methyl sites for hydroxylation is 1. The first kappa shape index (κ1) is 31.9. The van der Waals surface area contributed by atoms with E-state index < -0.39 is 11.5 Å². The molecule has 2 aromatic carbocycles. The van der Waals surface area contributed by atoms with Crippen LogP contribution >= 0.6 is 11.6 Å². The van der Waals surface area contributed by atoms with Crippen molar-refractivity contribution in [2.24, 2.45) is 22.4 Å². The Morgan fingerprint density at radius 1 is 1.16 bits per heavy atom. The van der Waals surface area contributed by atoms with Gasteiger partial charge in [0.15, 0.2) is 17.6 Å². The normalized spacial score (nSPS) is 12.2. The first-order valence-electron chi connectivity index (χ1n) is 14.9. The summed E-state index contributed by atoms with van der Waals surface area (Å²) >= 11 is 6.27. The number of guanidine groups is 1. The summed E-state index contributed by atoms with van der Waals surface area (Å²) in [6, 6.07) is 12.9. The molecule has 11 nitrogen and oxygen atoms in total. The van der Waals surface area contributed by atoms with Gasteiger partial charge in [-0.05, 0) is 66.6 Å². The summed E-state index contributed by atoms with van der Waals surface area (Å²) in [7, 11) is 0. The van der Waals surface area contributed by atoms with Crippen LogP contribution in [0.2, 0.25) is 5.02 Å². The maximum Gasteiger partial charge on any atom is 0.354 e. The Labute approximate surface area is 264 Å². The highest BCUT2D eigenvalue weighted by atomic mass is 35.5. The third-order valence-electron chi connectivity index (χ3n) is 7.55. The fourth-order valence-electron chi connectivity index (χ4n) is 5.19. The topological polar surface area (TPSA) is 166 Å². The summed E-state index contributed by atoms with van der Waals surface area (Å²) in [6.07, 6.45) is 7.08. The van der Waals surface area contributed by atoms with E-state index in [1.807, 2.05) is 30.3 Å². The van der Waals surface area contributed by atoms with E-state index in [2.05, 4.69) is 44.3 Å². The Bertz CT molecular complexity index is 1810. The third kappa shape index (κ3) is 8.34. The maximum absolute atomic E-state index is 15.1. The van der Waals surface area contributed by atoms with Crippen LogP contribution in [-0.4, -0.2) is 43.2 Å². The van der Waals surface area contributed by atoms with Gasteiger partial charge in [0.05, 0.1) is 16.4 Å². The van der Waals surface area contributed by atoms with Crippen molar-refractivity contribution in [3.8, 4) is 16.9 Å². The number of rotatable bonds is 14. The van der Waals surface area contributed by atoms with Crippen LogP contribution < -0.4 is 22.5 Å². The number of aliphatic imine (C=N–C) groups is 1. The van der Waals surface area contributed by atoms with Crippen LogP contribution in [0.15, 0.2) is 69.4 Å². The second kappa shape index (κ2) is 14.5. The minimum Gasteiger partial charge on any atom is -0.370 e. The number of benzene rings is 2. The standard InChI is InChI=1S/C32H37ClFN9O2/c1-19(2)4-3-5-21-12-25(29(34)26(33)13-21)27-14-22-17-43(32(44)41-30(22)40-27)24-8-6-20(7-9-24)16-38-23(10-11-37-31(35)36)15-28-39-18-45-42-28/h6-9,12-14,17-19,23,38H,3-5,10-11,15-16H2,1-2H3,(H4,35,36,37)(H,40,41,44)/t23-/m1/s1. The van der Waals surface area contributed by atoms with E-state index >= 15 is 4.39 Å². The average Bonchev–Trinajstić information content (AvgIpc) is 3.66. The molecule has 3 aromatic heterocycles. The molecule has 6 N–H and O–H groups in total. The highest BCUT2D eigenvalue weighted by molar-refractivity contribution is 6.31. The van der Waals surface area contributed by atoms with Gasteiger partial charge < -0.3 is 26.3 Å². The van der Waals surface area contributed by atoms with E-state index in [0.29, 0.717) is 65.7 Å². The van der Waals surface area contributed by atoms with Gasteiger partial charge in [-0.3, -0.25) is 9.56 Å². The molecule has 0 saturated heterocycles. The second-order valence-corrected chi connectivity index (χ2v) is 11.9. The molecule has 236 valence electrons. The molecular weight excluding hydrogens is 597 g/mol. The lowest BCUT2D eigenvalue weighted by atomic mass is 10.00. The van der Waals surface area contributed by atoms with Crippen LogP contribution in [0, 0.1) is 11.7 Å². The van der Waals surface area contributed by atoms with Crippen LogP contribution in [0.25, 0.3) is 28.0 Å². The Morgan fingerprint density at radius 3 is 2.67 bits per heavy atom. The van der Waals surface area contributed by atoms with Crippen molar-refractivity contribution < 1.29 is 8.91 Å². The Balaban J connectivity index is 1.31. The molecule has 0 unspecified atom stereocenters. The number of H-pyrrole nitrogens is 1. The summed E-state index contributed by atoms with van der Waals surface area (Å²) in [5.41, 5.74) is 14.3. The molecule has 0 amide bonds. The Hall–Kier alpha value is -4.55. The zero-order valence-corrected chi connectivity index (χ0v) is 26.0. The minimum atomic E-state index is -0.508. The van der Waals surface area contributed by atoms with Crippen molar-refractivity contribution in [2.45, 2.75) is 58.5 Å². The van der Waals surface area contributed by atoms with Crippen LogP contribution in [0.4, 0.5) is 4.39 Å². The van der Waals surface area contributed by atoms with Crippen molar-refractivity contribution in [1.29, 1.82) is 0 Å². The van der Waals surface area contributed by atoms with Gasteiger partial charge in [0.25, 0.3) is 0 Å². The predicted octanol–water partition coefficient (Wildman–Crippen LogP) is 4.90. The molecule has 0 saturated carbocycles. The molecule has 5 aromatic rings. The maximum atomic E-state index is 15.1. The van der Waals surface area contributed by atoms with E-state index in [9.17, 15) is 4.79 Å². The van der Waals surface area contributed by atoms with Crippen LogP contribution in [-0.2, 0) is 19.4 Å². The summed E-state index contributed by atoms with van der Waals surface area (Å²) in [5, 5.41) is 8.13. The number of aromatic amines is 1. The lowest BCUT2D eigenvalue weighted by molar-refractivity contribution is 0.400. The zero-order valence-electron chi connectivity index (χ0n) is 25.3. The van der Waals surface area contributed by atoms with E-state index in [1.165, 1.54) is 11.0 Å². The lowest BCUT2D eigenvalue weighted by Crippen LogP contribution is -2.32. The lowest BCUT2D eigenvalue weighted by Gasteiger charge is -2.17. The largest absolute Gasteiger partial charge is 0.370 e. The second-order valence-electron chi connectivity index (χ2n) is 11.5. The molecule has 0 radical (unpaired) electrons. The highest BCUT2D eigenvalue weighted by Gasteiger charge is 2.16. The summed E-state index contributed by atoms with van der Waals surface area (Å²) in [6.45, 7) is 5.38. The van der Waals surface area contributed by atoms with Crippen molar-refractivity contribution in [2.75, 3.05) is 6.54 Å². The zero-order chi connectivity index (χ0) is 31.9. The molecule has 5 rings (SSSR count). The Morgan fingerprint density at radius 2 is 1.96 bits per heavy atom. The van der Waals surface area contributed by atoms with Gasteiger partial charge in [0.2, 0.25) is 6.39 Å². The molecule has 0 spiro atoms. The van der Waals surface area contributed by atoms with Crippen molar-refractivity contribution in [3.63, 3.8) is 0 Å². The van der Waals surface area contributed by atoms with Gasteiger partial charge in [-0.1, -0.05) is 49.2 Å². The fraction of sp³-hybridized carbons (Fsp3) is 0.344. The summed E-state index contributed by atoms with van der Waals surface area (Å²) in [5.74, 6) is 0.713. The molecule has 13 heteroatoms. The smallest absolute Gasteiger partial charge is 0.354 e. The van der Waals surface area contributed by atoms with Crippen molar-refractivity contribution in [3.05, 3.63) is 93.3 Å². The van der Waals surface area contributed by atoms with Gasteiger partial charge in [-0.15, -0.1) is 0 Å². The van der Waals surface area contributed by atoms with Crippen LogP contribution in [0.3, 0.4) is 0 Å². The highest BCUT2D eigenvalue weighted by Crippen LogP contribution is 2.31. The third-order valence-corrected chi connectivity index (χ3v) is 7.83. The molecule has 3 heterocycles. The number of hydrogen-bond acceptors (Lipinski definition) is 7. The number of nitrogens with one attached hydrogen (secondary N) is 2. The SMILES string of the molecule is CC(C)CCCc1cc(Cl)c(F)c(-c2cc3cn(-c4ccc(CN[C@H](CCN=C(N)N)Cc5ncon5)cc4)c(=O)nc3[nH]2)c1. The first-order chi connectivity index (χ1) is 21.7. The van der Waals surface area contributed by atoms with E-state index in [-0.39, 0.29) is 17.0 Å².